The summed E-state index contributed by atoms with van der Waals surface area (Å²) in [6.07, 6.45) is 1.48. The third-order valence-corrected chi connectivity index (χ3v) is 5.72. The van der Waals surface area contributed by atoms with Crippen LogP contribution in [0.1, 0.15) is 37.5 Å². The molecule has 140 valence electrons. The minimum Gasteiger partial charge on any atom is -0.485 e. The number of rotatable bonds is 6. The van der Waals surface area contributed by atoms with Gasteiger partial charge in [-0.2, -0.15) is 4.37 Å². The van der Waals surface area contributed by atoms with Crippen LogP contribution >= 0.6 is 23.3 Å². The summed E-state index contributed by atoms with van der Waals surface area (Å²) >= 11 is 2.83. The Morgan fingerprint density at radius 2 is 2.15 bits per heavy atom. The van der Waals surface area contributed by atoms with Crippen LogP contribution in [0.3, 0.4) is 0 Å². The first-order valence-electron chi connectivity index (χ1n) is 8.59. The Labute approximate surface area is 165 Å². The molecule has 1 atom stereocenters. The molecule has 0 N–H and O–H groups in total. The van der Waals surface area contributed by atoms with Crippen molar-refractivity contribution in [3.05, 3.63) is 48.6 Å². The first-order valence-corrected chi connectivity index (χ1v) is 10.2. The van der Waals surface area contributed by atoms with E-state index in [9.17, 15) is 0 Å². The maximum absolute atomic E-state index is 6.09. The minimum absolute atomic E-state index is 0.296. The number of fused-ring (bicyclic) bond motifs is 1. The molecule has 0 amide bonds. The Balaban J connectivity index is 1.60. The molecule has 1 aliphatic rings. The number of ether oxygens (including phenoxy) is 2. The molecule has 4 rings (SSSR count). The molecule has 0 aliphatic carbocycles. The largest absolute Gasteiger partial charge is 0.485 e. The molecule has 0 fully saturated rings. The average Bonchev–Trinajstić information content (AvgIpc) is 3.30. The molecule has 3 heterocycles. The zero-order chi connectivity index (χ0) is 18.8. The number of para-hydroxylation sites is 2. The molecule has 0 radical (unpaired) electrons. The highest BCUT2D eigenvalue weighted by atomic mass is 32.2. The van der Waals surface area contributed by atoms with Gasteiger partial charge in [0.2, 0.25) is 0 Å². The van der Waals surface area contributed by atoms with Gasteiger partial charge >= 0.3 is 0 Å². The predicted molar refractivity (Wildman–Crippen MR) is 104 cm³/mol. The van der Waals surface area contributed by atoms with E-state index in [-0.39, 0.29) is 6.10 Å². The van der Waals surface area contributed by atoms with Crippen LogP contribution in [-0.2, 0) is 6.54 Å². The van der Waals surface area contributed by atoms with Gasteiger partial charge in [-0.25, -0.2) is 4.98 Å². The molecule has 1 aliphatic heterocycles. The normalized spacial score (nSPS) is 15.9. The van der Waals surface area contributed by atoms with Gasteiger partial charge in [0.25, 0.3) is 0 Å². The van der Waals surface area contributed by atoms with E-state index < -0.39 is 0 Å². The lowest BCUT2D eigenvalue weighted by Crippen LogP contribution is -2.25. The number of benzene rings is 1. The molecule has 1 aromatic carbocycles. The van der Waals surface area contributed by atoms with Gasteiger partial charge in [-0.1, -0.05) is 32.1 Å². The molecular weight excluding hydrogens is 382 g/mol. The Bertz CT molecular complexity index is 953. The summed E-state index contributed by atoms with van der Waals surface area (Å²) in [5.74, 6) is 3.30. The predicted octanol–water partition coefficient (Wildman–Crippen LogP) is 4.10. The molecule has 0 bridgehead atoms. The number of hydrogen-bond donors (Lipinski definition) is 0. The van der Waals surface area contributed by atoms with E-state index in [0.29, 0.717) is 30.6 Å². The highest BCUT2D eigenvalue weighted by Crippen LogP contribution is 2.37. The van der Waals surface area contributed by atoms with Gasteiger partial charge in [-0.3, -0.25) is 4.57 Å². The molecule has 0 spiro atoms. The molecule has 1 unspecified atom stereocenters. The minimum atomic E-state index is -0.331. The molecule has 0 saturated carbocycles. The highest BCUT2D eigenvalue weighted by Gasteiger charge is 2.28. The summed E-state index contributed by atoms with van der Waals surface area (Å²) in [6, 6.07) is 7.62. The van der Waals surface area contributed by atoms with E-state index in [2.05, 4.69) is 40.0 Å². The fourth-order valence-electron chi connectivity index (χ4n) is 2.64. The maximum atomic E-state index is 6.09. The van der Waals surface area contributed by atoms with Gasteiger partial charge in [-0.05, 0) is 35.4 Å². The van der Waals surface area contributed by atoms with E-state index >= 15 is 0 Å². The van der Waals surface area contributed by atoms with Crippen molar-refractivity contribution in [3.8, 4) is 11.5 Å². The van der Waals surface area contributed by atoms with Crippen LogP contribution in [0.25, 0.3) is 0 Å². The molecule has 7 nitrogen and oxygen atoms in total. The summed E-state index contributed by atoms with van der Waals surface area (Å²) in [5.41, 5.74) is 0. The van der Waals surface area contributed by atoms with Gasteiger partial charge < -0.3 is 9.47 Å². The molecular formula is C18H19N5O2S2. The van der Waals surface area contributed by atoms with Crippen molar-refractivity contribution < 1.29 is 9.47 Å². The lowest BCUT2D eigenvalue weighted by Gasteiger charge is -2.26. The second-order valence-electron chi connectivity index (χ2n) is 6.28. The van der Waals surface area contributed by atoms with Gasteiger partial charge in [0.1, 0.15) is 12.4 Å². The van der Waals surface area contributed by atoms with Crippen LogP contribution in [-0.4, -0.2) is 30.7 Å². The summed E-state index contributed by atoms with van der Waals surface area (Å²) in [7, 11) is 0. The summed E-state index contributed by atoms with van der Waals surface area (Å²) < 4.78 is 19.1. The topological polar surface area (TPSA) is 75.0 Å². The summed E-state index contributed by atoms with van der Waals surface area (Å²) in [6.45, 7) is 8.96. The van der Waals surface area contributed by atoms with Crippen LogP contribution in [0, 0.1) is 0 Å². The fourth-order valence-corrected chi connectivity index (χ4v) is 4.33. The first kappa shape index (κ1) is 18.0. The van der Waals surface area contributed by atoms with E-state index in [1.165, 1.54) is 23.3 Å². The Kier molecular flexibility index (Phi) is 5.13. The summed E-state index contributed by atoms with van der Waals surface area (Å²) in [4.78, 5) is 4.57. The third-order valence-electron chi connectivity index (χ3n) is 3.97. The van der Waals surface area contributed by atoms with Crippen molar-refractivity contribution in [3.63, 3.8) is 0 Å². The Morgan fingerprint density at radius 3 is 2.89 bits per heavy atom. The molecule has 27 heavy (non-hydrogen) atoms. The smallest absolute Gasteiger partial charge is 0.198 e. The van der Waals surface area contributed by atoms with E-state index in [0.717, 1.165) is 21.1 Å². The van der Waals surface area contributed by atoms with Crippen LogP contribution in [0.15, 0.2) is 46.4 Å². The average molecular weight is 402 g/mol. The quantitative estimate of drug-likeness (QED) is 0.576. The standard InChI is InChI=1S/C18H19N5O2S2/c1-4-9-23-16(14-10-24-12-7-5-6-8-13(12)25-14)20-21-17(23)26-18-19-15(11(2)3)22-27-18/h4-8,11,14H,1,9-10H2,2-3H3. The van der Waals surface area contributed by atoms with Crippen molar-refractivity contribution in [2.24, 2.45) is 0 Å². The van der Waals surface area contributed by atoms with Gasteiger partial charge in [0.05, 0.1) is 0 Å². The number of nitrogens with zero attached hydrogens (tertiary/aromatic N) is 5. The SMILES string of the molecule is C=CCn1c(Sc2nc(C(C)C)ns2)nnc1C1COc2ccccc2O1. The Hall–Kier alpha value is -2.39. The van der Waals surface area contributed by atoms with Gasteiger partial charge in [0.15, 0.2) is 32.9 Å². The second kappa shape index (κ2) is 7.69. The summed E-state index contributed by atoms with van der Waals surface area (Å²) in [5, 5.41) is 9.45. The van der Waals surface area contributed by atoms with Crippen molar-refractivity contribution in [1.29, 1.82) is 0 Å². The Morgan fingerprint density at radius 1 is 1.33 bits per heavy atom. The second-order valence-corrected chi connectivity index (χ2v) is 8.25. The van der Waals surface area contributed by atoms with Gasteiger partial charge in [-0.15, -0.1) is 16.8 Å². The van der Waals surface area contributed by atoms with Crippen molar-refractivity contribution in [1.82, 2.24) is 24.1 Å². The number of allylic oxidation sites excluding steroid dienone is 1. The van der Waals surface area contributed by atoms with Crippen molar-refractivity contribution in [2.45, 2.75) is 41.9 Å². The fraction of sp³-hybridized carbons (Fsp3) is 0.333. The van der Waals surface area contributed by atoms with Crippen molar-refractivity contribution in [2.75, 3.05) is 6.61 Å². The molecule has 0 saturated heterocycles. The van der Waals surface area contributed by atoms with Crippen LogP contribution in [0.4, 0.5) is 0 Å². The molecule has 3 aromatic rings. The van der Waals surface area contributed by atoms with Crippen LogP contribution in [0.5, 0.6) is 11.5 Å². The zero-order valence-corrected chi connectivity index (χ0v) is 16.7. The zero-order valence-electron chi connectivity index (χ0n) is 15.0. The number of aromatic nitrogens is 5. The van der Waals surface area contributed by atoms with Crippen LogP contribution in [0.2, 0.25) is 0 Å². The van der Waals surface area contributed by atoms with Crippen LogP contribution < -0.4 is 9.47 Å². The highest BCUT2D eigenvalue weighted by molar-refractivity contribution is 8.00. The monoisotopic (exact) mass is 401 g/mol. The maximum Gasteiger partial charge on any atom is 0.198 e. The van der Waals surface area contributed by atoms with E-state index in [4.69, 9.17) is 9.47 Å². The van der Waals surface area contributed by atoms with E-state index in [1.54, 1.807) is 0 Å². The third kappa shape index (κ3) is 3.70. The van der Waals surface area contributed by atoms with E-state index in [1.807, 2.05) is 34.9 Å². The molecule has 9 heteroatoms. The van der Waals surface area contributed by atoms with Crippen molar-refractivity contribution >= 4 is 23.3 Å². The lowest BCUT2D eigenvalue weighted by molar-refractivity contribution is 0.0821. The molecule has 2 aromatic heterocycles. The number of hydrogen-bond acceptors (Lipinski definition) is 8. The lowest BCUT2D eigenvalue weighted by atomic mass is 10.2. The first-order chi connectivity index (χ1) is 13.2. The van der Waals surface area contributed by atoms with Gasteiger partial charge in [0, 0.05) is 12.5 Å².